The minimum atomic E-state index is -4.29. The molecule has 1 aliphatic heterocycles. The molecule has 1 aromatic rings. The van der Waals surface area contributed by atoms with Crippen molar-refractivity contribution in [3.63, 3.8) is 0 Å². The standard InChI is InChI=1S/C17H21F3N2O/c1-2-3-16(23)21-15-8-10-22(11-9-15)12-13-4-6-14(7-5-13)17(18,19)20/h2-7,15H,8-12H2,1H3,(H,21,23)/b3-2+. The van der Waals surface area contributed by atoms with Crippen molar-refractivity contribution in [1.82, 2.24) is 10.2 Å². The van der Waals surface area contributed by atoms with E-state index in [0.717, 1.165) is 43.6 Å². The van der Waals surface area contributed by atoms with E-state index >= 15 is 0 Å². The van der Waals surface area contributed by atoms with Gasteiger partial charge in [-0.3, -0.25) is 9.69 Å². The number of nitrogens with one attached hydrogen (secondary N) is 1. The number of hydrogen-bond donors (Lipinski definition) is 1. The average Bonchev–Trinajstić information content (AvgIpc) is 2.49. The van der Waals surface area contributed by atoms with Crippen LogP contribution in [0.2, 0.25) is 0 Å². The molecule has 0 unspecified atom stereocenters. The zero-order valence-electron chi connectivity index (χ0n) is 13.1. The lowest BCUT2D eigenvalue weighted by molar-refractivity contribution is -0.137. The third-order valence-electron chi connectivity index (χ3n) is 3.94. The van der Waals surface area contributed by atoms with Crippen LogP contribution in [0, 0.1) is 0 Å². The summed E-state index contributed by atoms with van der Waals surface area (Å²) < 4.78 is 37.6. The molecule has 1 heterocycles. The van der Waals surface area contributed by atoms with E-state index in [-0.39, 0.29) is 11.9 Å². The van der Waals surface area contributed by atoms with Crippen molar-refractivity contribution in [3.05, 3.63) is 47.5 Å². The van der Waals surface area contributed by atoms with E-state index in [1.807, 2.05) is 0 Å². The highest BCUT2D eigenvalue weighted by Gasteiger charge is 2.30. The summed E-state index contributed by atoms with van der Waals surface area (Å²) in [5.41, 5.74) is 0.251. The molecule has 0 atom stereocenters. The molecule has 126 valence electrons. The molecular formula is C17H21F3N2O. The van der Waals surface area contributed by atoms with Crippen LogP contribution in [0.1, 0.15) is 30.9 Å². The molecule has 0 aliphatic carbocycles. The predicted octanol–water partition coefficient (Wildman–Crippen LogP) is 3.36. The number of carbonyl (C=O) groups excluding carboxylic acids is 1. The van der Waals surface area contributed by atoms with Crippen LogP contribution >= 0.6 is 0 Å². The second-order valence-corrected chi connectivity index (χ2v) is 5.75. The summed E-state index contributed by atoms with van der Waals surface area (Å²) in [6, 6.07) is 5.48. The van der Waals surface area contributed by atoms with Crippen LogP contribution in [-0.2, 0) is 17.5 Å². The lowest BCUT2D eigenvalue weighted by Gasteiger charge is -2.32. The lowest BCUT2D eigenvalue weighted by Crippen LogP contribution is -2.43. The molecule has 1 aromatic carbocycles. The fourth-order valence-corrected chi connectivity index (χ4v) is 2.69. The third-order valence-corrected chi connectivity index (χ3v) is 3.94. The Morgan fingerprint density at radius 2 is 1.87 bits per heavy atom. The molecule has 3 nitrogen and oxygen atoms in total. The van der Waals surface area contributed by atoms with Gasteiger partial charge in [0.2, 0.25) is 5.91 Å². The first-order valence-electron chi connectivity index (χ1n) is 7.70. The Morgan fingerprint density at radius 1 is 1.26 bits per heavy atom. The summed E-state index contributed by atoms with van der Waals surface area (Å²) >= 11 is 0. The Labute approximate surface area is 134 Å². The second kappa shape index (κ2) is 7.64. The molecule has 1 aliphatic rings. The minimum absolute atomic E-state index is 0.0753. The summed E-state index contributed by atoms with van der Waals surface area (Å²) in [6.45, 7) is 4.07. The Bertz CT molecular complexity index is 544. The molecule has 0 spiro atoms. The topological polar surface area (TPSA) is 32.3 Å². The van der Waals surface area contributed by atoms with E-state index in [4.69, 9.17) is 0 Å². The number of alkyl halides is 3. The number of benzene rings is 1. The Balaban J connectivity index is 1.81. The number of amides is 1. The van der Waals surface area contributed by atoms with Gasteiger partial charge in [0.15, 0.2) is 0 Å². The van der Waals surface area contributed by atoms with Crippen molar-refractivity contribution >= 4 is 5.91 Å². The molecule has 0 bridgehead atoms. The molecule has 0 aromatic heterocycles. The van der Waals surface area contributed by atoms with Crippen molar-refractivity contribution < 1.29 is 18.0 Å². The van der Waals surface area contributed by atoms with Crippen molar-refractivity contribution in [2.24, 2.45) is 0 Å². The number of nitrogens with zero attached hydrogens (tertiary/aromatic N) is 1. The van der Waals surface area contributed by atoms with Gasteiger partial charge >= 0.3 is 6.18 Å². The van der Waals surface area contributed by atoms with Gasteiger partial charge in [-0.2, -0.15) is 13.2 Å². The quantitative estimate of drug-likeness (QED) is 0.861. The number of halogens is 3. The number of piperidine rings is 1. The molecule has 0 radical (unpaired) electrons. The fourth-order valence-electron chi connectivity index (χ4n) is 2.69. The molecule has 1 fully saturated rings. The predicted molar refractivity (Wildman–Crippen MR) is 82.7 cm³/mol. The number of hydrogen-bond acceptors (Lipinski definition) is 2. The SMILES string of the molecule is C/C=C/C(=O)NC1CCN(Cc2ccc(C(F)(F)F)cc2)CC1. The van der Waals surface area contributed by atoms with E-state index in [0.29, 0.717) is 6.54 Å². The first-order valence-corrected chi connectivity index (χ1v) is 7.70. The van der Waals surface area contributed by atoms with Gasteiger partial charge in [0.05, 0.1) is 5.56 Å². The molecular weight excluding hydrogens is 305 g/mol. The van der Waals surface area contributed by atoms with Crippen molar-refractivity contribution in [2.45, 2.75) is 38.5 Å². The molecule has 2 rings (SSSR count). The smallest absolute Gasteiger partial charge is 0.350 e. The molecule has 1 amide bonds. The van der Waals surface area contributed by atoms with Gasteiger partial charge in [0.1, 0.15) is 0 Å². The molecule has 6 heteroatoms. The Kier molecular flexibility index (Phi) is 5.82. The van der Waals surface area contributed by atoms with Crippen LogP contribution in [0.25, 0.3) is 0 Å². The highest BCUT2D eigenvalue weighted by Crippen LogP contribution is 2.29. The normalized spacial score (nSPS) is 17.6. The van der Waals surface area contributed by atoms with Crippen LogP contribution < -0.4 is 5.32 Å². The molecule has 1 saturated heterocycles. The average molecular weight is 326 g/mol. The largest absolute Gasteiger partial charge is 0.416 e. The van der Waals surface area contributed by atoms with Gasteiger partial charge in [-0.15, -0.1) is 0 Å². The summed E-state index contributed by atoms with van der Waals surface area (Å²) in [4.78, 5) is 13.7. The highest BCUT2D eigenvalue weighted by atomic mass is 19.4. The van der Waals surface area contributed by atoms with E-state index in [1.54, 1.807) is 13.0 Å². The first kappa shape index (κ1) is 17.5. The zero-order valence-corrected chi connectivity index (χ0v) is 13.1. The third kappa shape index (κ3) is 5.39. The van der Waals surface area contributed by atoms with E-state index in [1.165, 1.54) is 18.2 Å². The number of carbonyl (C=O) groups is 1. The monoisotopic (exact) mass is 326 g/mol. The summed E-state index contributed by atoms with van der Waals surface area (Å²) in [6.07, 6.45) is 0.625. The maximum atomic E-state index is 12.5. The first-order chi connectivity index (χ1) is 10.9. The number of rotatable bonds is 4. The van der Waals surface area contributed by atoms with Crippen LogP contribution in [0.4, 0.5) is 13.2 Å². The lowest BCUT2D eigenvalue weighted by atomic mass is 10.0. The van der Waals surface area contributed by atoms with E-state index in [9.17, 15) is 18.0 Å². The van der Waals surface area contributed by atoms with Crippen molar-refractivity contribution in [1.29, 1.82) is 0 Å². The fraction of sp³-hybridized carbons (Fsp3) is 0.471. The van der Waals surface area contributed by atoms with Crippen molar-refractivity contribution in [2.75, 3.05) is 13.1 Å². The molecule has 23 heavy (non-hydrogen) atoms. The Hall–Kier alpha value is -1.82. The highest BCUT2D eigenvalue weighted by molar-refractivity contribution is 5.87. The van der Waals surface area contributed by atoms with Crippen LogP contribution in [0.3, 0.4) is 0 Å². The number of allylic oxidation sites excluding steroid dienone is 1. The minimum Gasteiger partial charge on any atom is -0.350 e. The van der Waals surface area contributed by atoms with Gasteiger partial charge in [0.25, 0.3) is 0 Å². The zero-order chi connectivity index (χ0) is 16.9. The van der Waals surface area contributed by atoms with E-state index in [2.05, 4.69) is 10.2 Å². The summed E-state index contributed by atoms with van der Waals surface area (Å²) in [5.74, 6) is -0.0753. The molecule has 1 N–H and O–H groups in total. The van der Waals surface area contributed by atoms with Gasteiger partial charge < -0.3 is 5.32 Å². The molecule has 0 saturated carbocycles. The maximum Gasteiger partial charge on any atom is 0.416 e. The second-order valence-electron chi connectivity index (χ2n) is 5.75. The van der Waals surface area contributed by atoms with E-state index < -0.39 is 11.7 Å². The van der Waals surface area contributed by atoms with Crippen LogP contribution in [0.5, 0.6) is 0 Å². The van der Waals surface area contributed by atoms with Gasteiger partial charge in [0, 0.05) is 25.7 Å². The summed E-state index contributed by atoms with van der Waals surface area (Å²) in [5, 5.41) is 2.95. The van der Waals surface area contributed by atoms with Crippen LogP contribution in [0.15, 0.2) is 36.4 Å². The maximum absolute atomic E-state index is 12.5. The number of likely N-dealkylation sites (tertiary alicyclic amines) is 1. The Morgan fingerprint density at radius 3 is 2.39 bits per heavy atom. The van der Waals surface area contributed by atoms with Crippen molar-refractivity contribution in [3.8, 4) is 0 Å². The van der Waals surface area contributed by atoms with Gasteiger partial charge in [-0.05, 0) is 43.5 Å². The van der Waals surface area contributed by atoms with Gasteiger partial charge in [-0.25, -0.2) is 0 Å². The summed E-state index contributed by atoms with van der Waals surface area (Å²) in [7, 11) is 0. The van der Waals surface area contributed by atoms with Gasteiger partial charge in [-0.1, -0.05) is 18.2 Å². The van der Waals surface area contributed by atoms with Crippen LogP contribution in [-0.4, -0.2) is 29.9 Å².